The fourth-order valence-electron chi connectivity index (χ4n) is 2.20. The van der Waals surface area contributed by atoms with Crippen molar-refractivity contribution in [3.63, 3.8) is 0 Å². The Hall–Kier alpha value is -1.71. The minimum atomic E-state index is 0.510. The van der Waals surface area contributed by atoms with E-state index >= 15 is 0 Å². The molecule has 1 aliphatic carbocycles. The van der Waals surface area contributed by atoms with Crippen LogP contribution in [-0.2, 0) is 6.54 Å². The first-order valence-corrected chi connectivity index (χ1v) is 7.89. The van der Waals surface area contributed by atoms with Crippen molar-refractivity contribution in [1.29, 1.82) is 0 Å². The molecule has 116 valence electrons. The largest absolute Gasteiger partial charge is 0.493 e. The third-order valence-electron chi connectivity index (χ3n) is 3.76. The maximum atomic E-state index is 5.92. The van der Waals surface area contributed by atoms with Gasteiger partial charge in [-0.3, -0.25) is 0 Å². The number of aliphatic imine (C=N–C) groups is 1. The molecule has 0 spiro atoms. The summed E-state index contributed by atoms with van der Waals surface area (Å²) in [5, 5.41) is 3.21. The Morgan fingerprint density at radius 3 is 2.81 bits per heavy atom. The first-order valence-electron chi connectivity index (χ1n) is 7.89. The summed E-state index contributed by atoms with van der Waals surface area (Å²) in [5.41, 5.74) is 6.99. The van der Waals surface area contributed by atoms with Crippen LogP contribution >= 0.6 is 0 Å². The summed E-state index contributed by atoms with van der Waals surface area (Å²) in [6.07, 6.45) is 3.97. The number of guanidine groups is 1. The molecule has 2 rings (SSSR count). The highest BCUT2D eigenvalue weighted by atomic mass is 16.5. The smallest absolute Gasteiger partial charge is 0.188 e. The fraction of sp³-hybridized carbons (Fsp3) is 0.588. The lowest BCUT2D eigenvalue weighted by Crippen LogP contribution is -2.37. The third-order valence-corrected chi connectivity index (χ3v) is 3.76. The summed E-state index contributed by atoms with van der Waals surface area (Å²) in [7, 11) is 0. The van der Waals surface area contributed by atoms with E-state index in [4.69, 9.17) is 10.5 Å². The van der Waals surface area contributed by atoms with Crippen molar-refractivity contribution in [2.45, 2.75) is 39.7 Å². The van der Waals surface area contributed by atoms with Gasteiger partial charge in [-0.25, -0.2) is 4.99 Å². The molecule has 4 heteroatoms. The van der Waals surface area contributed by atoms with Crippen molar-refractivity contribution in [2.75, 3.05) is 13.2 Å². The number of hydrogen-bond donors (Lipinski definition) is 2. The molecular formula is C17H27N3O. The van der Waals surface area contributed by atoms with Gasteiger partial charge in [0, 0.05) is 12.1 Å². The van der Waals surface area contributed by atoms with Crippen LogP contribution in [0.3, 0.4) is 0 Å². The zero-order chi connectivity index (χ0) is 15.1. The molecule has 4 nitrogen and oxygen atoms in total. The molecule has 0 aromatic heterocycles. The van der Waals surface area contributed by atoms with Crippen molar-refractivity contribution in [3.05, 3.63) is 29.8 Å². The van der Waals surface area contributed by atoms with Gasteiger partial charge in [0.25, 0.3) is 0 Å². The molecule has 0 unspecified atom stereocenters. The Morgan fingerprint density at radius 2 is 2.14 bits per heavy atom. The van der Waals surface area contributed by atoms with Gasteiger partial charge >= 0.3 is 0 Å². The minimum Gasteiger partial charge on any atom is -0.493 e. The number of nitrogens with two attached hydrogens (primary N) is 1. The van der Waals surface area contributed by atoms with E-state index in [1.807, 2.05) is 24.3 Å². The maximum absolute atomic E-state index is 5.92. The molecule has 0 heterocycles. The standard InChI is InChI=1S/C17H27N3O/c1-13(2)12-21-16-9-4-3-8-15(16)11-20-17(18)19-10-14-6-5-7-14/h3-4,8-9,13-14H,5-7,10-12H2,1-2H3,(H3,18,19,20). The highest BCUT2D eigenvalue weighted by Crippen LogP contribution is 2.25. The number of ether oxygens (including phenoxy) is 1. The van der Waals surface area contributed by atoms with Gasteiger partial charge in [0.15, 0.2) is 5.96 Å². The van der Waals surface area contributed by atoms with Gasteiger partial charge in [-0.05, 0) is 30.7 Å². The van der Waals surface area contributed by atoms with Gasteiger partial charge in [0.1, 0.15) is 5.75 Å². The number of benzene rings is 1. The molecule has 1 fully saturated rings. The second-order valence-electron chi connectivity index (χ2n) is 6.19. The van der Waals surface area contributed by atoms with Gasteiger partial charge in [-0.15, -0.1) is 0 Å². The molecule has 1 aromatic rings. The summed E-state index contributed by atoms with van der Waals surface area (Å²) < 4.78 is 5.83. The summed E-state index contributed by atoms with van der Waals surface area (Å²) in [6, 6.07) is 8.02. The van der Waals surface area contributed by atoms with Crippen LogP contribution in [0.15, 0.2) is 29.3 Å². The van der Waals surface area contributed by atoms with Crippen molar-refractivity contribution >= 4 is 5.96 Å². The average Bonchev–Trinajstić information content (AvgIpc) is 2.42. The highest BCUT2D eigenvalue weighted by Gasteiger charge is 2.16. The summed E-state index contributed by atoms with van der Waals surface area (Å²) in [5.74, 6) is 2.72. The number of rotatable bonds is 7. The number of nitrogens with one attached hydrogen (secondary N) is 1. The van der Waals surface area contributed by atoms with Gasteiger partial charge in [-0.2, -0.15) is 0 Å². The third kappa shape index (κ3) is 5.29. The number of nitrogens with zero attached hydrogens (tertiary/aromatic N) is 1. The van der Waals surface area contributed by atoms with E-state index in [-0.39, 0.29) is 0 Å². The Balaban J connectivity index is 1.85. The Labute approximate surface area is 127 Å². The second-order valence-corrected chi connectivity index (χ2v) is 6.19. The summed E-state index contributed by atoms with van der Waals surface area (Å²) >= 11 is 0. The van der Waals surface area contributed by atoms with Crippen LogP contribution < -0.4 is 15.8 Å². The van der Waals surface area contributed by atoms with Gasteiger partial charge < -0.3 is 15.8 Å². The molecule has 1 saturated carbocycles. The quantitative estimate of drug-likeness (QED) is 0.599. The SMILES string of the molecule is CC(C)COc1ccccc1CN=C(N)NCC1CCC1. The Bertz CT molecular complexity index is 467. The molecule has 0 aliphatic heterocycles. The van der Waals surface area contributed by atoms with Crippen molar-refractivity contribution < 1.29 is 4.74 Å². The first-order chi connectivity index (χ1) is 10.1. The van der Waals surface area contributed by atoms with E-state index < -0.39 is 0 Å². The molecule has 0 saturated heterocycles. The Morgan fingerprint density at radius 1 is 1.38 bits per heavy atom. The maximum Gasteiger partial charge on any atom is 0.188 e. The molecule has 0 amide bonds. The molecule has 1 aliphatic rings. The van der Waals surface area contributed by atoms with Crippen molar-refractivity contribution in [2.24, 2.45) is 22.6 Å². The van der Waals surface area contributed by atoms with Crippen molar-refractivity contribution in [3.8, 4) is 5.75 Å². The van der Waals surface area contributed by atoms with E-state index in [9.17, 15) is 0 Å². The first kappa shape index (κ1) is 15.7. The van der Waals surface area contributed by atoms with Gasteiger partial charge in [0.2, 0.25) is 0 Å². The zero-order valence-electron chi connectivity index (χ0n) is 13.1. The van der Waals surface area contributed by atoms with E-state index in [1.165, 1.54) is 19.3 Å². The molecule has 0 atom stereocenters. The van der Waals surface area contributed by atoms with Crippen LogP contribution in [0.4, 0.5) is 0 Å². The Kier molecular flexibility index (Phi) is 5.90. The predicted molar refractivity (Wildman–Crippen MR) is 87.4 cm³/mol. The van der Waals surface area contributed by atoms with E-state index in [0.717, 1.165) is 30.4 Å². The van der Waals surface area contributed by atoms with Crippen molar-refractivity contribution in [1.82, 2.24) is 5.32 Å². The normalized spacial score (nSPS) is 15.9. The van der Waals surface area contributed by atoms with Crippen LogP contribution in [-0.4, -0.2) is 19.1 Å². The molecular weight excluding hydrogens is 262 g/mol. The highest BCUT2D eigenvalue weighted by molar-refractivity contribution is 5.77. The molecule has 0 radical (unpaired) electrons. The van der Waals surface area contributed by atoms with E-state index in [2.05, 4.69) is 24.2 Å². The second kappa shape index (κ2) is 7.91. The van der Waals surface area contributed by atoms with Crippen LogP contribution in [0.2, 0.25) is 0 Å². The lowest BCUT2D eigenvalue weighted by molar-refractivity contribution is 0.268. The number of para-hydroxylation sites is 1. The van der Waals surface area contributed by atoms with Crippen LogP contribution in [0, 0.1) is 11.8 Å². The zero-order valence-corrected chi connectivity index (χ0v) is 13.1. The monoisotopic (exact) mass is 289 g/mol. The number of hydrogen-bond acceptors (Lipinski definition) is 2. The molecule has 1 aromatic carbocycles. The topological polar surface area (TPSA) is 59.6 Å². The lowest BCUT2D eigenvalue weighted by atomic mass is 9.85. The summed E-state index contributed by atoms with van der Waals surface area (Å²) in [4.78, 5) is 4.42. The minimum absolute atomic E-state index is 0.510. The fourth-order valence-corrected chi connectivity index (χ4v) is 2.20. The van der Waals surface area contributed by atoms with Crippen LogP contribution in [0.1, 0.15) is 38.7 Å². The molecule has 3 N–H and O–H groups in total. The molecule has 21 heavy (non-hydrogen) atoms. The van der Waals surface area contributed by atoms with E-state index in [0.29, 0.717) is 18.4 Å². The average molecular weight is 289 g/mol. The van der Waals surface area contributed by atoms with Gasteiger partial charge in [0.05, 0.1) is 13.2 Å². The molecule has 0 bridgehead atoms. The van der Waals surface area contributed by atoms with Crippen LogP contribution in [0.5, 0.6) is 5.75 Å². The van der Waals surface area contributed by atoms with E-state index in [1.54, 1.807) is 0 Å². The lowest BCUT2D eigenvalue weighted by Gasteiger charge is -2.25. The predicted octanol–water partition coefficient (Wildman–Crippen LogP) is 2.93. The van der Waals surface area contributed by atoms with Gasteiger partial charge in [-0.1, -0.05) is 38.5 Å². The summed E-state index contributed by atoms with van der Waals surface area (Å²) in [6.45, 7) is 6.50. The van der Waals surface area contributed by atoms with Crippen LogP contribution in [0.25, 0.3) is 0 Å².